The van der Waals surface area contributed by atoms with Crippen LogP contribution in [0.2, 0.25) is 0 Å². The van der Waals surface area contributed by atoms with Crippen LogP contribution in [0.1, 0.15) is 17.2 Å². The number of amidine groups is 1. The number of ether oxygens (including phenoxy) is 1. The highest BCUT2D eigenvalue weighted by molar-refractivity contribution is 6.06. The Morgan fingerprint density at radius 1 is 1.00 bits per heavy atom. The van der Waals surface area contributed by atoms with E-state index < -0.39 is 12.2 Å². The summed E-state index contributed by atoms with van der Waals surface area (Å²) in [5.41, 5.74) is 2.08. The van der Waals surface area contributed by atoms with Crippen LogP contribution in [0.15, 0.2) is 71.7 Å². The molecular weight excluding hydrogens is 314 g/mol. The summed E-state index contributed by atoms with van der Waals surface area (Å²) >= 11 is 0. The van der Waals surface area contributed by atoms with Crippen LogP contribution >= 0.6 is 0 Å². The summed E-state index contributed by atoms with van der Waals surface area (Å²) in [5.74, 6) is 0.436. The van der Waals surface area contributed by atoms with Crippen molar-refractivity contribution in [2.24, 2.45) is 4.99 Å². The summed E-state index contributed by atoms with van der Waals surface area (Å²) in [6, 6.07) is 22.7. The third kappa shape index (κ3) is 2.81. The average Bonchev–Trinajstić information content (AvgIpc) is 3.02. The zero-order valence-electron chi connectivity index (χ0n) is 13.1. The number of nitrogens with zero attached hydrogens (tertiary/aromatic N) is 2. The summed E-state index contributed by atoms with van der Waals surface area (Å²) in [6.45, 7) is 0. The molecule has 1 fully saturated rings. The number of nitriles is 1. The molecule has 1 saturated heterocycles. The Labute approximate surface area is 144 Å². The molecule has 5 heteroatoms. The molecule has 0 radical (unpaired) electrons. The molecule has 3 aromatic carbocycles. The van der Waals surface area contributed by atoms with E-state index in [4.69, 9.17) is 10.00 Å². The van der Waals surface area contributed by atoms with Crippen LogP contribution in [0.5, 0.6) is 0 Å². The van der Waals surface area contributed by atoms with E-state index >= 15 is 0 Å². The number of nitrogens with one attached hydrogen (secondary N) is 1. The topological polar surface area (TPSA) is 74.5 Å². The third-order valence-electron chi connectivity index (χ3n) is 4.06. The van der Waals surface area contributed by atoms with Crippen LogP contribution in [-0.2, 0) is 4.74 Å². The number of amides is 1. The van der Waals surface area contributed by atoms with Crippen molar-refractivity contribution in [3.8, 4) is 6.07 Å². The zero-order valence-corrected chi connectivity index (χ0v) is 13.1. The summed E-state index contributed by atoms with van der Waals surface area (Å²) in [7, 11) is 0. The van der Waals surface area contributed by atoms with Crippen molar-refractivity contribution in [2.75, 3.05) is 0 Å². The Balaban J connectivity index is 1.78. The predicted molar refractivity (Wildman–Crippen MR) is 94.6 cm³/mol. The van der Waals surface area contributed by atoms with Crippen LogP contribution in [0.4, 0.5) is 10.5 Å². The minimum absolute atomic E-state index is 0.436. The molecule has 1 aliphatic rings. The van der Waals surface area contributed by atoms with E-state index in [2.05, 4.69) is 16.4 Å². The van der Waals surface area contributed by atoms with Crippen molar-refractivity contribution in [1.82, 2.24) is 5.32 Å². The maximum atomic E-state index is 11.8. The first kappa shape index (κ1) is 14.9. The number of carbonyl (C=O) groups excluding carboxylic acids is 1. The molecule has 0 aromatic heterocycles. The van der Waals surface area contributed by atoms with Gasteiger partial charge < -0.3 is 4.74 Å². The SMILES string of the molecule is N#Cc1ccc(N=C2NC(=O)OC2c2cccc3ccccc23)cc1. The smallest absolute Gasteiger partial charge is 0.413 e. The second kappa shape index (κ2) is 6.10. The Bertz CT molecular complexity index is 1030. The Morgan fingerprint density at radius 3 is 2.56 bits per heavy atom. The number of fused-ring (bicyclic) bond motifs is 1. The molecule has 1 unspecified atom stereocenters. The van der Waals surface area contributed by atoms with Gasteiger partial charge in [-0.2, -0.15) is 5.26 Å². The number of carbonyl (C=O) groups is 1. The molecule has 120 valence electrons. The van der Waals surface area contributed by atoms with Gasteiger partial charge in [-0.25, -0.2) is 9.79 Å². The Morgan fingerprint density at radius 2 is 1.76 bits per heavy atom. The quantitative estimate of drug-likeness (QED) is 0.765. The molecule has 5 nitrogen and oxygen atoms in total. The lowest BCUT2D eigenvalue weighted by molar-refractivity contribution is 0.150. The molecule has 0 spiro atoms. The largest absolute Gasteiger partial charge is 0.433 e. The van der Waals surface area contributed by atoms with Gasteiger partial charge in [0, 0.05) is 5.56 Å². The number of rotatable bonds is 2. The molecular formula is C20H13N3O2. The number of cyclic esters (lactones) is 1. The highest BCUT2D eigenvalue weighted by Gasteiger charge is 2.32. The van der Waals surface area contributed by atoms with E-state index in [9.17, 15) is 4.79 Å². The standard InChI is InChI=1S/C20H13N3O2/c21-12-13-8-10-15(11-9-13)22-19-18(25-20(24)23-19)17-7-3-5-14-4-1-2-6-16(14)17/h1-11,18H,(H,22,23,24). The van der Waals surface area contributed by atoms with Crippen molar-refractivity contribution in [2.45, 2.75) is 6.10 Å². The lowest BCUT2D eigenvalue weighted by Gasteiger charge is -2.12. The van der Waals surface area contributed by atoms with E-state index in [0.717, 1.165) is 16.3 Å². The highest BCUT2D eigenvalue weighted by Crippen LogP contribution is 2.31. The van der Waals surface area contributed by atoms with Gasteiger partial charge in [-0.3, -0.25) is 5.32 Å². The molecule has 1 atom stereocenters. The van der Waals surface area contributed by atoms with Crippen molar-refractivity contribution >= 4 is 28.4 Å². The van der Waals surface area contributed by atoms with Gasteiger partial charge in [0.25, 0.3) is 0 Å². The number of hydrogen-bond acceptors (Lipinski definition) is 4. The first-order chi connectivity index (χ1) is 12.2. The summed E-state index contributed by atoms with van der Waals surface area (Å²) < 4.78 is 5.45. The maximum absolute atomic E-state index is 11.8. The second-order valence-electron chi connectivity index (χ2n) is 5.63. The van der Waals surface area contributed by atoms with Gasteiger partial charge in [-0.1, -0.05) is 42.5 Å². The molecule has 1 aliphatic heterocycles. The average molecular weight is 327 g/mol. The van der Waals surface area contributed by atoms with E-state index in [0.29, 0.717) is 17.1 Å². The van der Waals surface area contributed by atoms with Crippen LogP contribution in [0, 0.1) is 11.3 Å². The molecule has 0 aliphatic carbocycles. The molecule has 25 heavy (non-hydrogen) atoms. The molecule has 0 bridgehead atoms. The molecule has 1 N–H and O–H groups in total. The van der Waals surface area contributed by atoms with E-state index in [1.165, 1.54) is 0 Å². The van der Waals surface area contributed by atoms with Gasteiger partial charge in [-0.15, -0.1) is 0 Å². The van der Waals surface area contributed by atoms with Crippen molar-refractivity contribution in [1.29, 1.82) is 5.26 Å². The number of alkyl carbamates (subject to hydrolysis) is 1. The molecule has 1 heterocycles. The fourth-order valence-electron chi connectivity index (χ4n) is 2.89. The first-order valence-corrected chi connectivity index (χ1v) is 7.78. The fourth-order valence-corrected chi connectivity index (χ4v) is 2.89. The minimum Gasteiger partial charge on any atom is -0.433 e. The Kier molecular flexibility index (Phi) is 3.64. The maximum Gasteiger partial charge on any atom is 0.413 e. The zero-order chi connectivity index (χ0) is 17.2. The summed E-state index contributed by atoms with van der Waals surface area (Å²) in [6.07, 6.45) is -1.11. The van der Waals surface area contributed by atoms with Crippen LogP contribution in [0.25, 0.3) is 10.8 Å². The lowest BCUT2D eigenvalue weighted by atomic mass is 10.00. The van der Waals surface area contributed by atoms with Gasteiger partial charge in [0.05, 0.1) is 17.3 Å². The number of aliphatic imine (C=N–C) groups is 1. The van der Waals surface area contributed by atoms with Gasteiger partial charge in [-0.05, 0) is 35.0 Å². The molecule has 3 aromatic rings. The van der Waals surface area contributed by atoms with Crippen LogP contribution in [-0.4, -0.2) is 11.9 Å². The summed E-state index contributed by atoms with van der Waals surface area (Å²) in [4.78, 5) is 16.3. The third-order valence-corrected chi connectivity index (χ3v) is 4.06. The van der Waals surface area contributed by atoms with E-state index in [-0.39, 0.29) is 0 Å². The molecule has 1 amide bonds. The highest BCUT2D eigenvalue weighted by atomic mass is 16.6. The second-order valence-corrected chi connectivity index (χ2v) is 5.63. The Hall–Kier alpha value is -3.65. The van der Waals surface area contributed by atoms with Crippen molar-refractivity contribution in [3.63, 3.8) is 0 Å². The van der Waals surface area contributed by atoms with Gasteiger partial charge >= 0.3 is 6.09 Å². The first-order valence-electron chi connectivity index (χ1n) is 7.78. The monoisotopic (exact) mass is 327 g/mol. The van der Waals surface area contributed by atoms with E-state index in [1.54, 1.807) is 24.3 Å². The minimum atomic E-state index is -0.589. The predicted octanol–water partition coefficient (Wildman–Crippen LogP) is 4.22. The fraction of sp³-hybridized carbons (Fsp3) is 0.0500. The molecule has 4 rings (SSSR count). The molecule has 0 saturated carbocycles. The lowest BCUT2D eigenvalue weighted by Crippen LogP contribution is -2.21. The number of benzene rings is 3. The van der Waals surface area contributed by atoms with Crippen molar-refractivity contribution < 1.29 is 9.53 Å². The normalized spacial score (nSPS) is 18.0. The van der Waals surface area contributed by atoms with Gasteiger partial charge in [0.1, 0.15) is 0 Å². The van der Waals surface area contributed by atoms with E-state index in [1.807, 2.05) is 42.5 Å². The van der Waals surface area contributed by atoms with Crippen molar-refractivity contribution in [3.05, 3.63) is 77.9 Å². The van der Waals surface area contributed by atoms with Crippen LogP contribution < -0.4 is 5.32 Å². The van der Waals surface area contributed by atoms with Gasteiger partial charge in [0.15, 0.2) is 11.9 Å². The number of hydrogen-bond donors (Lipinski definition) is 1. The summed E-state index contributed by atoms with van der Waals surface area (Å²) in [5, 5.41) is 13.6. The van der Waals surface area contributed by atoms with Crippen LogP contribution in [0.3, 0.4) is 0 Å². The van der Waals surface area contributed by atoms with Gasteiger partial charge in [0.2, 0.25) is 0 Å².